The molecule has 0 spiro atoms. The Bertz CT molecular complexity index is 575. The molecule has 96 valence electrons. The zero-order valence-corrected chi connectivity index (χ0v) is 10.6. The molecular formula is C15H14N2O2. The normalized spacial score (nSPS) is 35.3. The van der Waals surface area contributed by atoms with Crippen LogP contribution >= 0.6 is 0 Å². The molecule has 4 rings (SSSR count). The third-order valence-corrected chi connectivity index (χ3v) is 4.60. The van der Waals surface area contributed by atoms with Gasteiger partial charge in [0.15, 0.2) is 0 Å². The van der Waals surface area contributed by atoms with E-state index in [2.05, 4.69) is 17.1 Å². The molecule has 1 aromatic rings. The van der Waals surface area contributed by atoms with Gasteiger partial charge in [-0.15, -0.1) is 0 Å². The number of carbonyl (C=O) groups is 2. The van der Waals surface area contributed by atoms with Gasteiger partial charge in [-0.25, -0.2) is 9.88 Å². The molecule has 1 saturated carbocycles. The molecule has 2 fully saturated rings. The SMILES string of the molecule is Cc1ccc(N2C(=O)[C@@H]3[C@@H](C2=O)[C@@H]2C=C[C@@H]3C2)nc1. The second-order valence-electron chi connectivity index (χ2n) is 5.71. The summed E-state index contributed by atoms with van der Waals surface area (Å²) < 4.78 is 0. The van der Waals surface area contributed by atoms with Gasteiger partial charge in [-0.1, -0.05) is 18.2 Å². The highest BCUT2D eigenvalue weighted by Crippen LogP contribution is 2.52. The van der Waals surface area contributed by atoms with Crippen molar-refractivity contribution < 1.29 is 9.59 Å². The molecule has 2 aliphatic carbocycles. The fourth-order valence-electron chi connectivity index (χ4n) is 3.72. The molecule has 19 heavy (non-hydrogen) atoms. The topological polar surface area (TPSA) is 50.3 Å². The van der Waals surface area contributed by atoms with Crippen LogP contribution in [0.3, 0.4) is 0 Å². The van der Waals surface area contributed by atoms with Gasteiger partial charge in [0.2, 0.25) is 11.8 Å². The molecule has 1 aliphatic heterocycles. The van der Waals surface area contributed by atoms with Gasteiger partial charge in [-0.3, -0.25) is 9.59 Å². The Kier molecular flexibility index (Phi) is 2.03. The lowest BCUT2D eigenvalue weighted by Crippen LogP contribution is -2.33. The third kappa shape index (κ3) is 1.31. The van der Waals surface area contributed by atoms with Crippen molar-refractivity contribution in [1.82, 2.24) is 4.98 Å². The zero-order chi connectivity index (χ0) is 13.1. The molecule has 2 heterocycles. The minimum Gasteiger partial charge on any atom is -0.274 e. The lowest BCUT2D eigenvalue weighted by atomic mass is 9.85. The van der Waals surface area contributed by atoms with Gasteiger partial charge >= 0.3 is 0 Å². The molecule has 4 nitrogen and oxygen atoms in total. The number of imide groups is 1. The monoisotopic (exact) mass is 254 g/mol. The Balaban J connectivity index is 1.74. The lowest BCUT2D eigenvalue weighted by molar-refractivity contribution is -0.123. The first kappa shape index (κ1) is 10.9. The molecule has 0 aromatic carbocycles. The highest BCUT2D eigenvalue weighted by molar-refractivity contribution is 6.22. The van der Waals surface area contributed by atoms with Crippen LogP contribution in [0.2, 0.25) is 0 Å². The minimum atomic E-state index is -0.148. The Morgan fingerprint density at radius 1 is 1.11 bits per heavy atom. The van der Waals surface area contributed by atoms with Crippen LogP contribution in [0.4, 0.5) is 5.82 Å². The first-order valence-electron chi connectivity index (χ1n) is 6.65. The maximum atomic E-state index is 12.5. The number of aromatic nitrogens is 1. The predicted octanol–water partition coefficient (Wildman–Crippen LogP) is 1.70. The fourth-order valence-corrected chi connectivity index (χ4v) is 3.72. The van der Waals surface area contributed by atoms with Crippen LogP contribution in [-0.4, -0.2) is 16.8 Å². The number of hydrogen-bond acceptors (Lipinski definition) is 3. The van der Waals surface area contributed by atoms with Crippen molar-refractivity contribution in [1.29, 1.82) is 0 Å². The number of aryl methyl sites for hydroxylation is 1. The summed E-state index contributed by atoms with van der Waals surface area (Å²) >= 11 is 0. The molecule has 1 saturated heterocycles. The summed E-state index contributed by atoms with van der Waals surface area (Å²) in [5.74, 6) is 0.542. The van der Waals surface area contributed by atoms with E-state index in [4.69, 9.17) is 0 Å². The quantitative estimate of drug-likeness (QED) is 0.566. The van der Waals surface area contributed by atoms with Crippen LogP contribution in [0.1, 0.15) is 12.0 Å². The summed E-state index contributed by atoms with van der Waals surface area (Å²) in [5, 5.41) is 0. The number of amides is 2. The fraction of sp³-hybridized carbons (Fsp3) is 0.400. The smallest absolute Gasteiger partial charge is 0.239 e. The van der Waals surface area contributed by atoms with E-state index in [1.165, 1.54) is 4.90 Å². The number of anilines is 1. The van der Waals surface area contributed by atoms with E-state index >= 15 is 0 Å². The van der Waals surface area contributed by atoms with Crippen LogP contribution in [0, 0.1) is 30.6 Å². The van der Waals surface area contributed by atoms with Gasteiger partial charge in [0.25, 0.3) is 0 Å². The second-order valence-corrected chi connectivity index (χ2v) is 5.71. The average Bonchev–Trinajstić information content (AvgIpc) is 3.06. The average molecular weight is 254 g/mol. The summed E-state index contributed by atoms with van der Waals surface area (Å²) in [4.78, 5) is 30.5. The van der Waals surface area contributed by atoms with Gasteiger partial charge < -0.3 is 0 Å². The number of fused-ring (bicyclic) bond motifs is 5. The van der Waals surface area contributed by atoms with Crippen LogP contribution in [0.25, 0.3) is 0 Å². The first-order valence-corrected chi connectivity index (χ1v) is 6.65. The van der Waals surface area contributed by atoms with Crippen molar-refractivity contribution in [3.8, 4) is 0 Å². The summed E-state index contributed by atoms with van der Waals surface area (Å²) in [5.41, 5.74) is 1.02. The molecule has 4 atom stereocenters. The van der Waals surface area contributed by atoms with Crippen molar-refractivity contribution in [2.75, 3.05) is 4.90 Å². The van der Waals surface area contributed by atoms with Gasteiger partial charge in [-0.05, 0) is 36.8 Å². The number of nitrogens with zero attached hydrogens (tertiary/aromatic N) is 2. The van der Waals surface area contributed by atoms with Gasteiger partial charge in [0.1, 0.15) is 5.82 Å². The summed E-state index contributed by atoms with van der Waals surface area (Å²) in [6.07, 6.45) is 6.85. The largest absolute Gasteiger partial charge is 0.274 e. The lowest BCUT2D eigenvalue weighted by Gasteiger charge is -2.16. The Labute approximate surface area is 111 Å². The summed E-state index contributed by atoms with van der Waals surface area (Å²) in [7, 11) is 0. The van der Waals surface area contributed by atoms with E-state index in [0.29, 0.717) is 5.82 Å². The minimum absolute atomic E-state index is 0.0665. The Hall–Kier alpha value is -1.97. The van der Waals surface area contributed by atoms with Gasteiger partial charge in [0.05, 0.1) is 11.8 Å². The van der Waals surface area contributed by atoms with Crippen molar-refractivity contribution in [3.63, 3.8) is 0 Å². The highest BCUT2D eigenvalue weighted by atomic mass is 16.2. The van der Waals surface area contributed by atoms with E-state index in [1.54, 1.807) is 12.3 Å². The number of carbonyl (C=O) groups excluding carboxylic acids is 2. The molecule has 4 heteroatoms. The summed E-state index contributed by atoms with van der Waals surface area (Å²) in [6.45, 7) is 1.93. The molecule has 2 amide bonds. The van der Waals surface area contributed by atoms with E-state index in [0.717, 1.165) is 12.0 Å². The molecular weight excluding hydrogens is 240 g/mol. The van der Waals surface area contributed by atoms with Crippen LogP contribution in [0.15, 0.2) is 30.5 Å². The number of rotatable bonds is 1. The highest BCUT2D eigenvalue weighted by Gasteiger charge is 2.59. The van der Waals surface area contributed by atoms with Crippen molar-refractivity contribution in [2.24, 2.45) is 23.7 Å². The number of pyridine rings is 1. The first-order chi connectivity index (χ1) is 9.16. The molecule has 0 radical (unpaired) electrons. The maximum Gasteiger partial charge on any atom is 0.239 e. The predicted molar refractivity (Wildman–Crippen MR) is 69.2 cm³/mol. The van der Waals surface area contributed by atoms with Crippen LogP contribution < -0.4 is 4.90 Å². The molecule has 0 unspecified atom stereocenters. The molecule has 3 aliphatic rings. The van der Waals surface area contributed by atoms with Crippen molar-refractivity contribution >= 4 is 17.6 Å². The van der Waals surface area contributed by atoms with Gasteiger partial charge in [-0.2, -0.15) is 0 Å². The zero-order valence-electron chi connectivity index (χ0n) is 10.6. The van der Waals surface area contributed by atoms with E-state index < -0.39 is 0 Å². The number of hydrogen-bond donors (Lipinski definition) is 0. The second kappa shape index (κ2) is 3.53. The van der Waals surface area contributed by atoms with Crippen molar-refractivity contribution in [2.45, 2.75) is 13.3 Å². The standard InChI is InChI=1S/C15H14N2O2/c1-8-2-5-11(16-7-8)17-14(18)12-9-3-4-10(6-9)13(12)15(17)19/h2-5,7,9-10,12-13H,6H2,1H3/t9-,10-,12+,13+/m1/s1. The van der Waals surface area contributed by atoms with E-state index in [1.807, 2.05) is 13.0 Å². The molecule has 2 bridgehead atoms. The molecule has 1 aromatic heterocycles. The van der Waals surface area contributed by atoms with Crippen molar-refractivity contribution in [3.05, 3.63) is 36.0 Å². The van der Waals surface area contributed by atoms with Gasteiger partial charge in [0, 0.05) is 6.20 Å². The van der Waals surface area contributed by atoms with E-state index in [9.17, 15) is 9.59 Å². The summed E-state index contributed by atoms with van der Waals surface area (Å²) in [6, 6.07) is 3.63. The Morgan fingerprint density at radius 2 is 1.74 bits per heavy atom. The maximum absolute atomic E-state index is 12.5. The van der Waals surface area contributed by atoms with Crippen LogP contribution in [-0.2, 0) is 9.59 Å². The van der Waals surface area contributed by atoms with E-state index in [-0.39, 0.29) is 35.5 Å². The Morgan fingerprint density at radius 3 is 2.26 bits per heavy atom. The number of allylic oxidation sites excluding steroid dienone is 2. The van der Waals surface area contributed by atoms with Crippen LogP contribution in [0.5, 0.6) is 0 Å². The third-order valence-electron chi connectivity index (χ3n) is 4.60. The molecule has 0 N–H and O–H groups in total.